The number of rotatable bonds is 5. The van der Waals surface area contributed by atoms with Crippen molar-refractivity contribution in [3.05, 3.63) is 0 Å². The lowest BCUT2D eigenvalue weighted by Gasteiger charge is -2.37. The molecule has 3 N–H and O–H groups in total. The average Bonchev–Trinajstić information content (AvgIpc) is 2.47. The van der Waals surface area contributed by atoms with Crippen molar-refractivity contribution < 1.29 is 4.79 Å². The minimum Gasteiger partial charge on any atom is -0.355 e. The van der Waals surface area contributed by atoms with Crippen LogP contribution in [0.5, 0.6) is 0 Å². The normalized spacial score (nSPS) is 32.0. The lowest BCUT2D eigenvalue weighted by atomic mass is 9.74. The minimum atomic E-state index is -0.324. The van der Waals surface area contributed by atoms with E-state index in [-0.39, 0.29) is 17.4 Å². The Balaban J connectivity index is 1.67. The van der Waals surface area contributed by atoms with Crippen LogP contribution in [0.1, 0.15) is 39.5 Å². The van der Waals surface area contributed by atoms with Crippen LogP contribution in [-0.4, -0.2) is 67.1 Å². The SMILES string of the molecule is CCN1CCN(CCNC(=O)C2CCCCC2(C)N)CC1. The van der Waals surface area contributed by atoms with Crippen LogP contribution in [0, 0.1) is 5.92 Å². The van der Waals surface area contributed by atoms with Gasteiger partial charge in [-0.25, -0.2) is 0 Å². The maximum absolute atomic E-state index is 12.3. The third kappa shape index (κ3) is 4.66. The molecule has 1 amide bonds. The molecular weight excluding hydrogens is 264 g/mol. The molecule has 2 aliphatic rings. The van der Waals surface area contributed by atoms with E-state index in [1.807, 2.05) is 6.92 Å². The maximum atomic E-state index is 12.3. The van der Waals surface area contributed by atoms with Crippen LogP contribution >= 0.6 is 0 Å². The van der Waals surface area contributed by atoms with Crippen molar-refractivity contribution in [3.8, 4) is 0 Å². The molecule has 122 valence electrons. The summed E-state index contributed by atoms with van der Waals surface area (Å²) in [5, 5.41) is 3.11. The molecule has 0 aromatic rings. The second-order valence-electron chi connectivity index (χ2n) is 6.87. The first-order valence-corrected chi connectivity index (χ1v) is 8.54. The fourth-order valence-electron chi connectivity index (χ4n) is 3.58. The molecule has 2 atom stereocenters. The molecule has 1 aliphatic carbocycles. The first kappa shape index (κ1) is 16.7. The van der Waals surface area contributed by atoms with Gasteiger partial charge in [-0.1, -0.05) is 19.8 Å². The zero-order valence-electron chi connectivity index (χ0n) is 13.7. The van der Waals surface area contributed by atoms with Gasteiger partial charge < -0.3 is 16.0 Å². The van der Waals surface area contributed by atoms with Gasteiger partial charge in [0.05, 0.1) is 5.92 Å². The molecule has 1 saturated heterocycles. The van der Waals surface area contributed by atoms with Gasteiger partial charge in [-0.2, -0.15) is 0 Å². The number of piperazine rings is 1. The molecule has 0 aromatic heterocycles. The van der Waals surface area contributed by atoms with E-state index in [0.717, 1.165) is 71.5 Å². The van der Waals surface area contributed by atoms with Crippen LogP contribution in [0.25, 0.3) is 0 Å². The quantitative estimate of drug-likeness (QED) is 0.782. The molecule has 1 heterocycles. The van der Waals surface area contributed by atoms with Gasteiger partial charge in [-0.05, 0) is 26.3 Å². The Morgan fingerprint density at radius 1 is 1.24 bits per heavy atom. The molecule has 1 saturated carbocycles. The van der Waals surface area contributed by atoms with Gasteiger partial charge in [-0.15, -0.1) is 0 Å². The molecule has 0 aromatic carbocycles. The second kappa shape index (κ2) is 7.56. The lowest BCUT2D eigenvalue weighted by molar-refractivity contribution is -0.128. The van der Waals surface area contributed by atoms with Crippen molar-refractivity contribution in [1.29, 1.82) is 0 Å². The first-order chi connectivity index (χ1) is 10.0. The standard InChI is InChI=1S/C16H32N4O/c1-3-19-10-12-20(13-11-19)9-8-18-15(21)14-6-4-5-7-16(14,2)17/h14H,3-13,17H2,1-2H3,(H,18,21). The van der Waals surface area contributed by atoms with Crippen molar-refractivity contribution in [1.82, 2.24) is 15.1 Å². The molecule has 0 spiro atoms. The Morgan fingerprint density at radius 2 is 1.90 bits per heavy atom. The molecule has 0 radical (unpaired) electrons. The summed E-state index contributed by atoms with van der Waals surface area (Å²) in [5.74, 6) is 0.148. The summed E-state index contributed by atoms with van der Waals surface area (Å²) in [7, 11) is 0. The van der Waals surface area contributed by atoms with Gasteiger partial charge in [0.2, 0.25) is 5.91 Å². The van der Waals surface area contributed by atoms with Crippen LogP contribution in [0.15, 0.2) is 0 Å². The highest BCUT2D eigenvalue weighted by atomic mass is 16.1. The van der Waals surface area contributed by atoms with Gasteiger partial charge in [-0.3, -0.25) is 9.69 Å². The highest BCUT2D eigenvalue weighted by Crippen LogP contribution is 2.31. The summed E-state index contributed by atoms with van der Waals surface area (Å²) in [6, 6.07) is 0. The summed E-state index contributed by atoms with van der Waals surface area (Å²) in [4.78, 5) is 17.2. The van der Waals surface area contributed by atoms with Crippen molar-refractivity contribution in [2.24, 2.45) is 11.7 Å². The number of nitrogens with one attached hydrogen (secondary N) is 1. The highest BCUT2D eigenvalue weighted by molar-refractivity contribution is 5.80. The number of nitrogens with zero attached hydrogens (tertiary/aromatic N) is 2. The predicted octanol–water partition coefficient (Wildman–Crippen LogP) is 0.648. The number of carbonyl (C=O) groups excluding carboxylic acids is 1. The molecule has 2 unspecified atom stereocenters. The monoisotopic (exact) mass is 296 g/mol. The summed E-state index contributed by atoms with van der Waals surface area (Å²) in [6.45, 7) is 11.6. The van der Waals surface area contributed by atoms with Gasteiger partial charge in [0.15, 0.2) is 0 Å². The van der Waals surface area contributed by atoms with E-state index in [2.05, 4.69) is 22.0 Å². The van der Waals surface area contributed by atoms with E-state index in [1.165, 1.54) is 0 Å². The number of carbonyl (C=O) groups is 1. The van der Waals surface area contributed by atoms with Crippen molar-refractivity contribution in [2.45, 2.75) is 45.1 Å². The summed E-state index contributed by atoms with van der Waals surface area (Å²) in [5.41, 5.74) is 5.97. The zero-order chi connectivity index (χ0) is 15.3. The van der Waals surface area contributed by atoms with Gasteiger partial charge >= 0.3 is 0 Å². The van der Waals surface area contributed by atoms with Crippen molar-refractivity contribution >= 4 is 5.91 Å². The Hall–Kier alpha value is -0.650. The molecular formula is C16H32N4O. The first-order valence-electron chi connectivity index (χ1n) is 8.54. The minimum absolute atomic E-state index is 0.0109. The molecule has 21 heavy (non-hydrogen) atoms. The van der Waals surface area contributed by atoms with Crippen molar-refractivity contribution in [2.75, 3.05) is 45.8 Å². The van der Waals surface area contributed by atoms with Crippen LogP contribution in [0.3, 0.4) is 0 Å². The lowest BCUT2D eigenvalue weighted by Crippen LogP contribution is -2.54. The molecule has 5 nitrogen and oxygen atoms in total. The largest absolute Gasteiger partial charge is 0.355 e. The van der Waals surface area contributed by atoms with E-state index in [0.29, 0.717) is 0 Å². The molecule has 2 fully saturated rings. The van der Waals surface area contributed by atoms with E-state index in [1.54, 1.807) is 0 Å². The van der Waals surface area contributed by atoms with Crippen LogP contribution in [0.2, 0.25) is 0 Å². The molecule has 1 aliphatic heterocycles. The number of amides is 1. The average molecular weight is 296 g/mol. The third-order valence-corrected chi connectivity index (χ3v) is 5.21. The Morgan fingerprint density at radius 3 is 2.52 bits per heavy atom. The zero-order valence-corrected chi connectivity index (χ0v) is 13.7. The maximum Gasteiger partial charge on any atom is 0.225 e. The van der Waals surface area contributed by atoms with Crippen LogP contribution < -0.4 is 11.1 Å². The Labute approximate surface area is 129 Å². The van der Waals surface area contributed by atoms with E-state index in [9.17, 15) is 4.79 Å². The van der Waals surface area contributed by atoms with Gasteiger partial charge in [0.25, 0.3) is 0 Å². The second-order valence-corrected chi connectivity index (χ2v) is 6.87. The highest BCUT2D eigenvalue weighted by Gasteiger charge is 2.37. The summed E-state index contributed by atoms with van der Waals surface area (Å²) < 4.78 is 0. The fourth-order valence-corrected chi connectivity index (χ4v) is 3.58. The number of hydrogen-bond acceptors (Lipinski definition) is 4. The smallest absolute Gasteiger partial charge is 0.225 e. The van der Waals surface area contributed by atoms with E-state index >= 15 is 0 Å². The van der Waals surface area contributed by atoms with Gasteiger partial charge in [0.1, 0.15) is 0 Å². The Bertz CT molecular complexity index is 337. The van der Waals surface area contributed by atoms with E-state index in [4.69, 9.17) is 5.73 Å². The molecule has 0 bridgehead atoms. The van der Waals surface area contributed by atoms with Crippen LogP contribution in [-0.2, 0) is 4.79 Å². The molecule has 5 heteroatoms. The van der Waals surface area contributed by atoms with Gasteiger partial charge in [0, 0.05) is 44.8 Å². The number of nitrogens with two attached hydrogens (primary N) is 1. The topological polar surface area (TPSA) is 61.6 Å². The summed E-state index contributed by atoms with van der Waals surface area (Å²) >= 11 is 0. The number of likely N-dealkylation sites (N-methyl/N-ethyl adjacent to an activating group) is 1. The third-order valence-electron chi connectivity index (χ3n) is 5.21. The molecule has 2 rings (SSSR count). The number of hydrogen-bond donors (Lipinski definition) is 2. The predicted molar refractivity (Wildman–Crippen MR) is 86.1 cm³/mol. The van der Waals surface area contributed by atoms with E-state index < -0.39 is 0 Å². The Kier molecular flexibility index (Phi) is 6.02. The van der Waals surface area contributed by atoms with Crippen molar-refractivity contribution in [3.63, 3.8) is 0 Å². The fraction of sp³-hybridized carbons (Fsp3) is 0.938. The summed E-state index contributed by atoms with van der Waals surface area (Å²) in [6.07, 6.45) is 4.18. The van der Waals surface area contributed by atoms with Crippen LogP contribution in [0.4, 0.5) is 0 Å².